The van der Waals surface area contributed by atoms with Crippen molar-refractivity contribution in [2.45, 2.75) is 25.5 Å². The molecule has 0 saturated carbocycles. The van der Waals surface area contributed by atoms with Crippen LogP contribution in [0, 0.1) is 0 Å². The van der Waals surface area contributed by atoms with E-state index in [-0.39, 0.29) is 28.8 Å². The molecule has 0 radical (unpaired) electrons. The Morgan fingerprint density at radius 1 is 1.25 bits per heavy atom. The highest BCUT2D eigenvalue weighted by atomic mass is 35.5. The standard InChI is InChI=1S/C24H20ClN3O4/c25-15-7-8-21(29)18(11-15)22(30)14-10-20(28(12-14)13-16-4-3-9-32-16)23-26-19-6-2-1-5-17(19)24(31)27-23/h1-2,5-8,10-12,16,29H,3-4,9,13H2,(H,26,27,31)/t16-/m0/s1. The first-order chi connectivity index (χ1) is 15.5. The number of fused-ring (bicyclic) bond motifs is 1. The van der Waals surface area contributed by atoms with Crippen LogP contribution in [0.15, 0.2) is 59.5 Å². The number of aromatic hydroxyl groups is 1. The lowest BCUT2D eigenvalue weighted by Gasteiger charge is -2.13. The molecular formula is C24H20ClN3O4. The Hall–Kier alpha value is -3.42. The van der Waals surface area contributed by atoms with Crippen molar-refractivity contribution in [3.63, 3.8) is 0 Å². The summed E-state index contributed by atoms with van der Waals surface area (Å²) in [6.45, 7) is 1.22. The van der Waals surface area contributed by atoms with Crippen molar-refractivity contribution in [3.05, 3.63) is 81.2 Å². The molecule has 0 spiro atoms. The van der Waals surface area contributed by atoms with Crippen molar-refractivity contribution in [3.8, 4) is 17.3 Å². The molecule has 7 nitrogen and oxygen atoms in total. The molecule has 4 aromatic rings. The summed E-state index contributed by atoms with van der Waals surface area (Å²) in [7, 11) is 0. The molecule has 0 unspecified atom stereocenters. The van der Waals surface area contributed by atoms with Gasteiger partial charge in [0.1, 0.15) is 5.75 Å². The number of para-hydroxylation sites is 1. The molecule has 1 saturated heterocycles. The number of ketones is 1. The zero-order chi connectivity index (χ0) is 22.2. The molecule has 0 bridgehead atoms. The van der Waals surface area contributed by atoms with Gasteiger partial charge in [-0.25, -0.2) is 4.98 Å². The maximum atomic E-state index is 13.2. The van der Waals surface area contributed by atoms with Crippen LogP contribution in [-0.4, -0.2) is 38.1 Å². The number of nitrogens with one attached hydrogen (secondary N) is 1. The number of nitrogens with zero attached hydrogens (tertiary/aromatic N) is 2. The molecule has 1 fully saturated rings. The van der Waals surface area contributed by atoms with Crippen molar-refractivity contribution >= 4 is 28.3 Å². The minimum Gasteiger partial charge on any atom is -0.507 e. The first kappa shape index (κ1) is 20.5. The van der Waals surface area contributed by atoms with Crippen LogP contribution in [0.2, 0.25) is 5.02 Å². The highest BCUT2D eigenvalue weighted by Gasteiger charge is 2.23. The Bertz CT molecular complexity index is 1390. The van der Waals surface area contributed by atoms with E-state index >= 15 is 0 Å². The van der Waals surface area contributed by atoms with E-state index in [4.69, 9.17) is 16.3 Å². The number of phenols is 1. The van der Waals surface area contributed by atoms with Gasteiger partial charge in [-0.3, -0.25) is 9.59 Å². The average Bonchev–Trinajstić information content (AvgIpc) is 3.45. The van der Waals surface area contributed by atoms with Crippen molar-refractivity contribution in [1.82, 2.24) is 14.5 Å². The fourth-order valence-corrected chi connectivity index (χ4v) is 4.22. The predicted octanol–water partition coefficient (Wildman–Crippen LogP) is 4.16. The summed E-state index contributed by atoms with van der Waals surface area (Å²) in [5.74, 6) is -0.161. The Labute approximate surface area is 188 Å². The van der Waals surface area contributed by atoms with Crippen LogP contribution < -0.4 is 5.56 Å². The van der Waals surface area contributed by atoms with Crippen molar-refractivity contribution in [1.29, 1.82) is 0 Å². The average molecular weight is 450 g/mol. The maximum Gasteiger partial charge on any atom is 0.259 e. The monoisotopic (exact) mass is 449 g/mol. The van der Waals surface area contributed by atoms with Crippen molar-refractivity contribution < 1.29 is 14.6 Å². The van der Waals surface area contributed by atoms with E-state index in [1.807, 2.05) is 10.6 Å². The van der Waals surface area contributed by atoms with Gasteiger partial charge in [-0.05, 0) is 49.2 Å². The molecular weight excluding hydrogens is 430 g/mol. The van der Waals surface area contributed by atoms with Crippen LogP contribution in [0.25, 0.3) is 22.4 Å². The molecule has 32 heavy (non-hydrogen) atoms. The molecule has 8 heteroatoms. The first-order valence-electron chi connectivity index (χ1n) is 10.3. The third kappa shape index (κ3) is 3.81. The van der Waals surface area contributed by atoms with E-state index in [9.17, 15) is 14.7 Å². The van der Waals surface area contributed by atoms with Crippen LogP contribution in [-0.2, 0) is 11.3 Å². The Balaban J connectivity index is 1.62. The number of carbonyl (C=O) groups excluding carboxylic acids is 1. The second-order valence-corrected chi connectivity index (χ2v) is 8.26. The molecule has 3 heterocycles. The second-order valence-electron chi connectivity index (χ2n) is 7.82. The highest BCUT2D eigenvalue weighted by molar-refractivity contribution is 6.31. The van der Waals surface area contributed by atoms with Crippen LogP contribution in [0.3, 0.4) is 0 Å². The summed E-state index contributed by atoms with van der Waals surface area (Å²) in [4.78, 5) is 33.3. The SMILES string of the molecule is O=C(c1cc(-c2nc3ccccc3c(=O)[nH]2)n(C[C@@H]2CCCO2)c1)c1cc(Cl)ccc1O. The number of hydrogen-bond donors (Lipinski definition) is 2. The van der Waals surface area contributed by atoms with Gasteiger partial charge in [0.05, 0.1) is 28.3 Å². The number of rotatable bonds is 5. The highest BCUT2D eigenvalue weighted by Crippen LogP contribution is 2.28. The van der Waals surface area contributed by atoms with E-state index in [0.29, 0.717) is 46.2 Å². The lowest BCUT2D eigenvalue weighted by Crippen LogP contribution is -2.17. The number of ether oxygens (including phenoxy) is 1. The maximum absolute atomic E-state index is 13.2. The van der Waals surface area contributed by atoms with Crippen LogP contribution >= 0.6 is 11.6 Å². The zero-order valence-electron chi connectivity index (χ0n) is 17.0. The van der Waals surface area contributed by atoms with Crippen molar-refractivity contribution in [2.24, 2.45) is 0 Å². The Morgan fingerprint density at radius 3 is 2.91 bits per heavy atom. The molecule has 1 aliphatic rings. The van der Waals surface area contributed by atoms with Crippen LogP contribution in [0.5, 0.6) is 5.75 Å². The summed E-state index contributed by atoms with van der Waals surface area (Å²) in [5, 5.41) is 11.0. The fraction of sp³-hybridized carbons (Fsp3) is 0.208. The number of benzene rings is 2. The second kappa shape index (κ2) is 8.26. The number of H-pyrrole nitrogens is 1. The molecule has 1 atom stereocenters. The minimum absolute atomic E-state index is 0.0100. The predicted molar refractivity (Wildman–Crippen MR) is 121 cm³/mol. The molecule has 2 aromatic carbocycles. The van der Waals surface area contributed by atoms with E-state index < -0.39 is 0 Å². The molecule has 0 amide bonds. The lowest BCUT2D eigenvalue weighted by molar-refractivity contribution is 0.0970. The molecule has 1 aliphatic heterocycles. The smallest absolute Gasteiger partial charge is 0.259 e. The van der Waals surface area contributed by atoms with E-state index in [0.717, 1.165) is 12.8 Å². The lowest BCUT2D eigenvalue weighted by atomic mass is 10.0. The van der Waals surface area contributed by atoms with E-state index in [1.165, 1.54) is 18.2 Å². The normalized spacial score (nSPS) is 16.0. The number of hydrogen-bond acceptors (Lipinski definition) is 5. The number of halogens is 1. The summed E-state index contributed by atoms with van der Waals surface area (Å²) in [6.07, 6.45) is 3.61. The number of aromatic nitrogens is 3. The molecule has 2 aromatic heterocycles. The third-order valence-corrected chi connectivity index (χ3v) is 5.88. The first-order valence-corrected chi connectivity index (χ1v) is 10.7. The summed E-state index contributed by atoms with van der Waals surface area (Å²) >= 11 is 6.03. The van der Waals surface area contributed by atoms with Gasteiger partial charge in [-0.1, -0.05) is 23.7 Å². The molecule has 0 aliphatic carbocycles. The van der Waals surface area contributed by atoms with Crippen molar-refractivity contribution in [2.75, 3.05) is 6.61 Å². The van der Waals surface area contributed by atoms with Crippen LogP contribution in [0.1, 0.15) is 28.8 Å². The number of phenolic OH excluding ortho intramolecular Hbond substituents is 1. The molecule has 5 rings (SSSR count). The van der Waals surface area contributed by atoms with Gasteiger partial charge in [0.2, 0.25) is 0 Å². The van der Waals surface area contributed by atoms with Gasteiger partial charge in [0.25, 0.3) is 5.56 Å². The largest absolute Gasteiger partial charge is 0.507 e. The van der Waals surface area contributed by atoms with Gasteiger partial charge in [0.15, 0.2) is 11.6 Å². The van der Waals surface area contributed by atoms with Gasteiger partial charge < -0.3 is 19.4 Å². The van der Waals surface area contributed by atoms with Gasteiger partial charge >= 0.3 is 0 Å². The summed E-state index contributed by atoms with van der Waals surface area (Å²) in [5.41, 5.74) is 1.37. The quantitative estimate of drug-likeness (QED) is 0.446. The minimum atomic E-state index is -0.375. The number of aromatic amines is 1. The van der Waals surface area contributed by atoms with Gasteiger partial charge in [-0.15, -0.1) is 0 Å². The Kier molecular flexibility index (Phi) is 5.28. The van der Waals surface area contributed by atoms with Crippen LogP contribution in [0.4, 0.5) is 0 Å². The fourth-order valence-electron chi connectivity index (χ4n) is 4.05. The summed E-state index contributed by atoms with van der Waals surface area (Å²) < 4.78 is 7.65. The van der Waals surface area contributed by atoms with Gasteiger partial charge in [-0.2, -0.15) is 0 Å². The Morgan fingerprint density at radius 2 is 2.09 bits per heavy atom. The molecule has 162 valence electrons. The topological polar surface area (TPSA) is 97.2 Å². The van der Waals surface area contributed by atoms with Gasteiger partial charge in [0, 0.05) is 29.9 Å². The van der Waals surface area contributed by atoms with E-state index in [1.54, 1.807) is 30.5 Å². The molecule has 2 N–H and O–H groups in total. The number of carbonyl (C=O) groups is 1. The summed E-state index contributed by atoms with van der Waals surface area (Å²) in [6, 6.07) is 13.1. The third-order valence-electron chi connectivity index (χ3n) is 5.64. The zero-order valence-corrected chi connectivity index (χ0v) is 17.8. The van der Waals surface area contributed by atoms with E-state index in [2.05, 4.69) is 9.97 Å².